The lowest BCUT2D eigenvalue weighted by atomic mass is 9.97. The van der Waals surface area contributed by atoms with Crippen LogP contribution in [0.15, 0.2) is 0 Å². The molecule has 0 aliphatic carbocycles. The Morgan fingerprint density at radius 3 is 2.95 bits per heavy atom. The molecule has 5 nitrogen and oxygen atoms in total. The zero-order valence-corrected chi connectivity index (χ0v) is 12.4. The smallest absolute Gasteiger partial charge is 0.227 e. The van der Waals surface area contributed by atoms with Crippen LogP contribution in [0.25, 0.3) is 0 Å². The van der Waals surface area contributed by atoms with Crippen LogP contribution in [-0.2, 0) is 9.53 Å². The van der Waals surface area contributed by atoms with Crippen molar-refractivity contribution >= 4 is 5.91 Å². The zero-order valence-electron chi connectivity index (χ0n) is 12.4. The molecule has 20 heavy (non-hydrogen) atoms. The maximum atomic E-state index is 12.5. The van der Waals surface area contributed by atoms with E-state index in [1.165, 1.54) is 25.8 Å². The van der Waals surface area contributed by atoms with Gasteiger partial charge in [0.15, 0.2) is 0 Å². The van der Waals surface area contributed by atoms with Crippen molar-refractivity contribution in [2.75, 3.05) is 32.8 Å². The third kappa shape index (κ3) is 2.85. The Labute approximate surface area is 121 Å². The molecule has 4 atom stereocenters. The molecule has 3 aliphatic rings. The lowest BCUT2D eigenvalue weighted by Gasteiger charge is -2.33. The van der Waals surface area contributed by atoms with E-state index in [4.69, 9.17) is 4.74 Å². The van der Waals surface area contributed by atoms with Gasteiger partial charge in [-0.2, -0.15) is 0 Å². The summed E-state index contributed by atoms with van der Waals surface area (Å²) >= 11 is 0. The fourth-order valence-electron chi connectivity index (χ4n) is 3.98. The van der Waals surface area contributed by atoms with Gasteiger partial charge in [-0.1, -0.05) is 13.3 Å². The Morgan fingerprint density at radius 2 is 2.10 bits per heavy atom. The van der Waals surface area contributed by atoms with Gasteiger partial charge in [-0.05, 0) is 32.4 Å². The number of likely N-dealkylation sites (N-methyl/N-ethyl adjacent to an activating group) is 1. The van der Waals surface area contributed by atoms with E-state index < -0.39 is 0 Å². The number of carbonyl (C=O) groups excluding carboxylic acids is 1. The Morgan fingerprint density at radius 1 is 1.20 bits per heavy atom. The monoisotopic (exact) mass is 281 g/mol. The van der Waals surface area contributed by atoms with Crippen molar-refractivity contribution in [3.8, 4) is 0 Å². The zero-order chi connectivity index (χ0) is 13.9. The number of hydrogen-bond donors (Lipinski definition) is 2. The minimum Gasteiger partial charge on any atom is -0.379 e. The third-order valence-corrected chi connectivity index (χ3v) is 5.07. The number of hydrogen-bond acceptors (Lipinski definition) is 4. The quantitative estimate of drug-likeness (QED) is 0.781. The van der Waals surface area contributed by atoms with Gasteiger partial charge in [-0.15, -0.1) is 0 Å². The number of carbonyl (C=O) groups is 1. The summed E-state index contributed by atoms with van der Waals surface area (Å²) in [5.41, 5.74) is 0. The van der Waals surface area contributed by atoms with Gasteiger partial charge >= 0.3 is 0 Å². The van der Waals surface area contributed by atoms with Crippen LogP contribution in [0.2, 0.25) is 0 Å². The van der Waals surface area contributed by atoms with E-state index in [-0.39, 0.29) is 17.9 Å². The number of nitrogens with one attached hydrogen (secondary N) is 2. The Balaban J connectivity index is 1.56. The number of nitrogens with zero attached hydrogens (tertiary/aromatic N) is 1. The summed E-state index contributed by atoms with van der Waals surface area (Å²) in [5, 5.41) is 6.67. The minimum absolute atomic E-state index is 0.0207. The van der Waals surface area contributed by atoms with E-state index in [0.717, 1.165) is 19.5 Å². The van der Waals surface area contributed by atoms with E-state index in [2.05, 4.69) is 22.5 Å². The maximum Gasteiger partial charge on any atom is 0.227 e. The van der Waals surface area contributed by atoms with Crippen LogP contribution in [-0.4, -0.2) is 61.8 Å². The number of fused-ring (bicyclic) bond motifs is 1. The average Bonchev–Trinajstić information content (AvgIpc) is 3.07. The van der Waals surface area contributed by atoms with Gasteiger partial charge in [0.2, 0.25) is 5.91 Å². The number of rotatable bonds is 4. The number of piperidine rings is 1. The van der Waals surface area contributed by atoms with Crippen LogP contribution in [0, 0.1) is 5.92 Å². The first-order valence-corrected chi connectivity index (χ1v) is 8.15. The molecule has 3 fully saturated rings. The summed E-state index contributed by atoms with van der Waals surface area (Å²) in [6.07, 6.45) is 4.97. The van der Waals surface area contributed by atoms with Crippen molar-refractivity contribution in [3.05, 3.63) is 0 Å². The Bertz CT molecular complexity index is 350. The predicted molar refractivity (Wildman–Crippen MR) is 77.5 cm³/mol. The SMILES string of the molecule is CCNC1COCC1C(=O)NC1CCN2CCCCC12. The van der Waals surface area contributed by atoms with Crippen LogP contribution in [0.3, 0.4) is 0 Å². The molecular formula is C15H27N3O2. The molecule has 0 aromatic carbocycles. The topological polar surface area (TPSA) is 53.6 Å². The molecule has 114 valence electrons. The van der Waals surface area contributed by atoms with Gasteiger partial charge in [0, 0.05) is 24.7 Å². The van der Waals surface area contributed by atoms with Gasteiger partial charge in [0.25, 0.3) is 0 Å². The molecule has 3 aliphatic heterocycles. The van der Waals surface area contributed by atoms with Crippen LogP contribution < -0.4 is 10.6 Å². The molecule has 0 saturated carbocycles. The summed E-state index contributed by atoms with van der Waals surface area (Å²) in [5.74, 6) is 0.165. The molecule has 3 saturated heterocycles. The van der Waals surface area contributed by atoms with Gasteiger partial charge in [-0.25, -0.2) is 0 Å². The molecule has 5 heteroatoms. The van der Waals surface area contributed by atoms with Crippen LogP contribution in [0.4, 0.5) is 0 Å². The lowest BCUT2D eigenvalue weighted by molar-refractivity contribution is -0.126. The Hall–Kier alpha value is -0.650. The number of ether oxygens (including phenoxy) is 1. The summed E-state index contributed by atoms with van der Waals surface area (Å²) in [4.78, 5) is 15.1. The predicted octanol–water partition coefficient (Wildman–Crippen LogP) is 0.354. The van der Waals surface area contributed by atoms with Gasteiger partial charge in [-0.3, -0.25) is 9.69 Å². The highest BCUT2D eigenvalue weighted by Gasteiger charge is 2.39. The largest absolute Gasteiger partial charge is 0.379 e. The van der Waals surface area contributed by atoms with E-state index in [1.54, 1.807) is 0 Å². The molecule has 3 heterocycles. The third-order valence-electron chi connectivity index (χ3n) is 5.07. The second-order valence-electron chi connectivity index (χ2n) is 6.31. The standard InChI is InChI=1S/C15H27N3O2/c1-2-16-13-10-20-9-11(13)15(19)17-12-6-8-18-7-4-3-5-14(12)18/h11-14,16H,2-10H2,1H3,(H,17,19). The maximum absolute atomic E-state index is 12.5. The lowest BCUT2D eigenvalue weighted by Crippen LogP contribution is -2.51. The fraction of sp³-hybridized carbons (Fsp3) is 0.933. The Kier molecular flexibility index (Phi) is 4.58. The first-order valence-electron chi connectivity index (χ1n) is 8.15. The summed E-state index contributed by atoms with van der Waals surface area (Å²) in [7, 11) is 0. The molecule has 0 bridgehead atoms. The molecule has 2 N–H and O–H groups in total. The molecule has 0 aromatic heterocycles. The van der Waals surface area contributed by atoms with Crippen molar-refractivity contribution in [1.82, 2.24) is 15.5 Å². The van der Waals surface area contributed by atoms with E-state index >= 15 is 0 Å². The van der Waals surface area contributed by atoms with Gasteiger partial charge in [0.05, 0.1) is 19.1 Å². The molecule has 0 aromatic rings. The molecule has 0 radical (unpaired) electrons. The molecule has 3 rings (SSSR count). The summed E-state index contributed by atoms with van der Waals surface area (Å²) < 4.78 is 5.48. The normalized spacial score (nSPS) is 37.9. The first kappa shape index (κ1) is 14.3. The summed E-state index contributed by atoms with van der Waals surface area (Å²) in [6.45, 7) is 6.54. The highest BCUT2D eigenvalue weighted by atomic mass is 16.5. The molecule has 0 spiro atoms. The highest BCUT2D eigenvalue weighted by molar-refractivity contribution is 5.80. The van der Waals surface area contributed by atoms with Crippen molar-refractivity contribution < 1.29 is 9.53 Å². The fourth-order valence-corrected chi connectivity index (χ4v) is 3.98. The minimum atomic E-state index is -0.0207. The van der Waals surface area contributed by atoms with Crippen LogP contribution in [0.1, 0.15) is 32.6 Å². The van der Waals surface area contributed by atoms with Crippen molar-refractivity contribution in [2.45, 2.75) is 50.7 Å². The van der Waals surface area contributed by atoms with Gasteiger partial charge < -0.3 is 15.4 Å². The highest BCUT2D eigenvalue weighted by Crippen LogP contribution is 2.27. The van der Waals surface area contributed by atoms with E-state index in [0.29, 0.717) is 25.3 Å². The summed E-state index contributed by atoms with van der Waals surface area (Å²) in [6, 6.07) is 1.11. The average molecular weight is 281 g/mol. The number of amides is 1. The molecule has 1 amide bonds. The van der Waals surface area contributed by atoms with Crippen molar-refractivity contribution in [2.24, 2.45) is 5.92 Å². The van der Waals surface area contributed by atoms with Crippen molar-refractivity contribution in [3.63, 3.8) is 0 Å². The van der Waals surface area contributed by atoms with Crippen LogP contribution >= 0.6 is 0 Å². The van der Waals surface area contributed by atoms with E-state index in [1.807, 2.05) is 0 Å². The van der Waals surface area contributed by atoms with Crippen LogP contribution in [0.5, 0.6) is 0 Å². The molecular weight excluding hydrogens is 254 g/mol. The van der Waals surface area contributed by atoms with Crippen molar-refractivity contribution in [1.29, 1.82) is 0 Å². The second-order valence-corrected chi connectivity index (χ2v) is 6.31. The van der Waals surface area contributed by atoms with Gasteiger partial charge in [0.1, 0.15) is 0 Å². The molecule has 4 unspecified atom stereocenters. The second kappa shape index (κ2) is 6.41. The van der Waals surface area contributed by atoms with E-state index in [9.17, 15) is 4.79 Å². The first-order chi connectivity index (χ1) is 9.79.